The number of nitrogens with zero attached hydrogens (tertiary/aromatic N) is 3. The number of anilines is 1. The van der Waals surface area contributed by atoms with E-state index in [1.807, 2.05) is 0 Å². The molecular weight excluding hydrogens is 362 g/mol. The van der Waals surface area contributed by atoms with Crippen molar-refractivity contribution in [1.29, 1.82) is 0 Å². The number of carbonyl (C=O) groups is 2. The fourth-order valence-electron chi connectivity index (χ4n) is 4.22. The van der Waals surface area contributed by atoms with Crippen molar-refractivity contribution in [3.63, 3.8) is 0 Å². The molecule has 2 N–H and O–H groups in total. The molecule has 9 nitrogen and oxygen atoms in total. The van der Waals surface area contributed by atoms with E-state index in [0.29, 0.717) is 36.3 Å². The number of fused-ring (bicyclic) bond motifs is 1. The van der Waals surface area contributed by atoms with Crippen molar-refractivity contribution in [2.24, 2.45) is 11.8 Å². The summed E-state index contributed by atoms with van der Waals surface area (Å²) in [5, 5.41) is 18.5. The van der Waals surface area contributed by atoms with Crippen molar-refractivity contribution in [2.75, 3.05) is 5.32 Å². The van der Waals surface area contributed by atoms with E-state index in [1.54, 1.807) is 13.0 Å². The lowest BCUT2D eigenvalue weighted by molar-refractivity contribution is -0.313. The summed E-state index contributed by atoms with van der Waals surface area (Å²) >= 11 is 0. The van der Waals surface area contributed by atoms with Crippen LogP contribution in [-0.2, 0) is 22.4 Å². The fraction of sp³-hybridized carbons (Fsp3) is 0.526. The number of aromatic nitrogens is 4. The van der Waals surface area contributed by atoms with Gasteiger partial charge in [0, 0.05) is 29.4 Å². The van der Waals surface area contributed by atoms with Crippen LogP contribution in [0.25, 0.3) is 5.95 Å². The largest absolute Gasteiger partial charge is 0.550 e. The highest BCUT2D eigenvalue weighted by atomic mass is 16.4. The maximum atomic E-state index is 12.8. The van der Waals surface area contributed by atoms with Crippen LogP contribution in [0, 0.1) is 18.8 Å². The van der Waals surface area contributed by atoms with Crippen molar-refractivity contribution in [2.45, 2.75) is 51.9 Å². The molecule has 2 heterocycles. The van der Waals surface area contributed by atoms with E-state index in [-0.39, 0.29) is 17.4 Å². The zero-order valence-electron chi connectivity index (χ0n) is 15.7. The highest BCUT2D eigenvalue weighted by Gasteiger charge is 2.32. The second-order valence-electron chi connectivity index (χ2n) is 7.56. The predicted molar refractivity (Wildman–Crippen MR) is 97.8 cm³/mol. The molecule has 2 atom stereocenters. The number of aryl methyl sites for hydroxylation is 2. The van der Waals surface area contributed by atoms with Gasteiger partial charge in [0.1, 0.15) is 5.82 Å². The van der Waals surface area contributed by atoms with E-state index in [9.17, 15) is 19.5 Å². The first-order chi connectivity index (χ1) is 13.4. The molecule has 2 aliphatic carbocycles. The van der Waals surface area contributed by atoms with Gasteiger partial charge in [-0.3, -0.25) is 14.6 Å². The summed E-state index contributed by atoms with van der Waals surface area (Å²) in [6.07, 6.45) is 4.88. The highest BCUT2D eigenvalue weighted by molar-refractivity contribution is 5.94. The maximum absolute atomic E-state index is 12.8. The summed E-state index contributed by atoms with van der Waals surface area (Å²) < 4.78 is 1.39. The number of amides is 1. The van der Waals surface area contributed by atoms with Crippen LogP contribution in [0.3, 0.4) is 0 Å². The summed E-state index contributed by atoms with van der Waals surface area (Å²) in [7, 11) is 0. The van der Waals surface area contributed by atoms with Gasteiger partial charge in [0.25, 0.3) is 5.56 Å². The first-order valence-electron chi connectivity index (χ1n) is 9.65. The van der Waals surface area contributed by atoms with Gasteiger partial charge >= 0.3 is 0 Å². The normalized spacial score (nSPS) is 21.3. The van der Waals surface area contributed by atoms with Gasteiger partial charge in [-0.25, -0.2) is 4.98 Å². The molecule has 0 aromatic carbocycles. The van der Waals surface area contributed by atoms with Crippen LogP contribution in [-0.4, -0.2) is 31.6 Å². The number of nitrogens with one attached hydrogen (secondary N) is 2. The summed E-state index contributed by atoms with van der Waals surface area (Å²) in [4.78, 5) is 43.8. The number of H-pyrrole nitrogens is 1. The Bertz CT molecular complexity index is 993. The van der Waals surface area contributed by atoms with Crippen LogP contribution in [0.15, 0.2) is 10.9 Å². The standard InChI is InChI=1S/C19H23N5O4/c1-10-9-15(21-16(25)11-5-2-3-6-12(11)18(27)28)24(23-10)19-20-14-8-4-7-13(14)17(26)22-19/h9,11-12H,2-8H2,1H3,(H,21,25)(H,27,28)(H,20,22,26)/p-1/t11-,12-/m0/s1. The van der Waals surface area contributed by atoms with Crippen LogP contribution in [0.2, 0.25) is 0 Å². The Morgan fingerprint density at radius 2 is 1.96 bits per heavy atom. The molecule has 2 aliphatic rings. The molecule has 0 aliphatic heterocycles. The number of carboxylic acids is 1. The third kappa shape index (κ3) is 3.32. The zero-order valence-corrected chi connectivity index (χ0v) is 15.7. The lowest BCUT2D eigenvalue weighted by atomic mass is 9.79. The molecule has 1 amide bonds. The number of hydrogen-bond donors (Lipinski definition) is 2. The Morgan fingerprint density at radius 1 is 1.21 bits per heavy atom. The molecule has 1 fully saturated rings. The molecule has 0 saturated heterocycles. The molecular formula is C19H22N5O4-. The van der Waals surface area contributed by atoms with E-state index in [2.05, 4.69) is 20.4 Å². The number of carbonyl (C=O) groups excluding carboxylic acids is 2. The smallest absolute Gasteiger partial charge is 0.255 e. The third-order valence-electron chi connectivity index (χ3n) is 5.62. The first-order valence-corrected chi connectivity index (χ1v) is 9.65. The summed E-state index contributed by atoms with van der Waals surface area (Å²) in [5.41, 5.74) is 1.91. The van der Waals surface area contributed by atoms with Crippen molar-refractivity contribution in [3.8, 4) is 5.95 Å². The fourth-order valence-corrected chi connectivity index (χ4v) is 4.22. The number of hydrogen-bond acceptors (Lipinski definition) is 6. The minimum absolute atomic E-state index is 0.188. The molecule has 28 heavy (non-hydrogen) atoms. The van der Waals surface area contributed by atoms with Crippen molar-refractivity contribution < 1.29 is 14.7 Å². The average molecular weight is 384 g/mol. The van der Waals surface area contributed by atoms with Gasteiger partial charge < -0.3 is 15.2 Å². The van der Waals surface area contributed by atoms with E-state index >= 15 is 0 Å². The van der Waals surface area contributed by atoms with Gasteiger partial charge in [0.05, 0.1) is 11.4 Å². The van der Waals surface area contributed by atoms with Crippen molar-refractivity contribution >= 4 is 17.7 Å². The lowest BCUT2D eigenvalue weighted by Gasteiger charge is -2.31. The van der Waals surface area contributed by atoms with E-state index < -0.39 is 17.8 Å². The predicted octanol–water partition coefficient (Wildman–Crippen LogP) is 0.248. The first kappa shape index (κ1) is 18.4. The Balaban J connectivity index is 1.64. The minimum atomic E-state index is -1.19. The van der Waals surface area contributed by atoms with Crippen LogP contribution < -0.4 is 16.0 Å². The van der Waals surface area contributed by atoms with Gasteiger partial charge in [-0.2, -0.15) is 9.78 Å². The van der Waals surface area contributed by atoms with Gasteiger partial charge in [0.15, 0.2) is 0 Å². The summed E-state index contributed by atoms with van der Waals surface area (Å²) in [6.45, 7) is 1.77. The molecule has 9 heteroatoms. The number of rotatable bonds is 4. The molecule has 2 aromatic rings. The number of aliphatic carboxylic acids is 1. The molecule has 0 bridgehead atoms. The maximum Gasteiger partial charge on any atom is 0.255 e. The van der Waals surface area contributed by atoms with Gasteiger partial charge in [-0.05, 0) is 39.0 Å². The number of aromatic amines is 1. The zero-order chi connectivity index (χ0) is 19.8. The summed E-state index contributed by atoms with van der Waals surface area (Å²) in [5.74, 6) is -2.40. The number of carboxylic acid groups (broad SMARTS) is 1. The Hall–Kier alpha value is -2.97. The topological polar surface area (TPSA) is 133 Å². The Kier molecular flexibility index (Phi) is 4.74. The molecule has 2 aromatic heterocycles. The second kappa shape index (κ2) is 7.21. The van der Waals surface area contributed by atoms with Crippen LogP contribution in [0.5, 0.6) is 0 Å². The van der Waals surface area contributed by atoms with E-state index in [4.69, 9.17) is 0 Å². The Labute approximate surface area is 161 Å². The molecule has 0 spiro atoms. The molecule has 148 valence electrons. The van der Waals surface area contributed by atoms with Gasteiger partial charge in [0.2, 0.25) is 11.9 Å². The van der Waals surface area contributed by atoms with E-state index in [0.717, 1.165) is 31.4 Å². The van der Waals surface area contributed by atoms with Crippen LogP contribution in [0.4, 0.5) is 5.82 Å². The minimum Gasteiger partial charge on any atom is -0.550 e. The van der Waals surface area contributed by atoms with E-state index in [1.165, 1.54) is 4.68 Å². The van der Waals surface area contributed by atoms with Gasteiger partial charge in [-0.15, -0.1) is 0 Å². The Morgan fingerprint density at radius 3 is 2.71 bits per heavy atom. The molecule has 1 saturated carbocycles. The molecule has 4 rings (SSSR count). The van der Waals surface area contributed by atoms with Crippen molar-refractivity contribution in [1.82, 2.24) is 19.7 Å². The van der Waals surface area contributed by atoms with Crippen LogP contribution >= 0.6 is 0 Å². The highest BCUT2D eigenvalue weighted by Crippen LogP contribution is 2.31. The average Bonchev–Trinajstić information content (AvgIpc) is 3.28. The third-order valence-corrected chi connectivity index (χ3v) is 5.62. The summed E-state index contributed by atoms with van der Waals surface area (Å²) in [6, 6.07) is 1.67. The SMILES string of the molecule is Cc1cc(NC(=O)[C@H]2CCCC[C@@H]2C(=O)[O-])n(-c2nc3c(c(=O)[nH]2)CCC3)n1. The lowest BCUT2D eigenvalue weighted by Crippen LogP contribution is -2.42. The molecule has 0 unspecified atom stereocenters. The molecule has 0 radical (unpaired) electrons. The van der Waals surface area contributed by atoms with Gasteiger partial charge in [-0.1, -0.05) is 12.8 Å². The van der Waals surface area contributed by atoms with Crippen LogP contribution in [0.1, 0.15) is 49.1 Å². The quantitative estimate of drug-likeness (QED) is 0.776. The monoisotopic (exact) mass is 384 g/mol. The second-order valence-corrected chi connectivity index (χ2v) is 7.56. The van der Waals surface area contributed by atoms with Crippen molar-refractivity contribution in [3.05, 3.63) is 33.4 Å².